The van der Waals surface area contributed by atoms with Crippen LogP contribution in [-0.4, -0.2) is 46.9 Å². The predicted molar refractivity (Wildman–Crippen MR) is 79.6 cm³/mol. The summed E-state index contributed by atoms with van der Waals surface area (Å²) < 4.78 is 0. The highest BCUT2D eigenvalue weighted by atomic mass is 16.2. The molecule has 2 aliphatic heterocycles. The van der Waals surface area contributed by atoms with Crippen molar-refractivity contribution in [2.75, 3.05) is 13.1 Å². The standard InChI is InChI=1S/C16H21N3O2/c1-12-15(20)19(16(21)17-12)14-7-9-18(10-8-14)11-13-5-3-2-4-6-13/h2-6,12,14H,7-11H2,1H3,(H,17,21)/t12-/m0/s1. The number of rotatable bonds is 3. The summed E-state index contributed by atoms with van der Waals surface area (Å²) in [6.07, 6.45) is 1.72. The molecule has 0 spiro atoms. The van der Waals surface area contributed by atoms with Crippen molar-refractivity contribution >= 4 is 11.9 Å². The predicted octanol–water partition coefficient (Wildman–Crippen LogP) is 1.59. The fraction of sp³-hybridized carbons (Fsp3) is 0.500. The average molecular weight is 287 g/mol. The van der Waals surface area contributed by atoms with Crippen LogP contribution in [0.4, 0.5) is 4.79 Å². The van der Waals surface area contributed by atoms with Crippen LogP contribution in [0.25, 0.3) is 0 Å². The summed E-state index contributed by atoms with van der Waals surface area (Å²) in [5.41, 5.74) is 1.31. The second-order valence-corrected chi connectivity index (χ2v) is 5.87. The van der Waals surface area contributed by atoms with Crippen LogP contribution in [0.2, 0.25) is 0 Å². The van der Waals surface area contributed by atoms with Crippen LogP contribution in [0.3, 0.4) is 0 Å². The number of imide groups is 1. The van der Waals surface area contributed by atoms with E-state index in [1.54, 1.807) is 6.92 Å². The second-order valence-electron chi connectivity index (χ2n) is 5.87. The third-order valence-electron chi connectivity index (χ3n) is 4.34. The van der Waals surface area contributed by atoms with Gasteiger partial charge >= 0.3 is 6.03 Å². The minimum atomic E-state index is -0.375. The van der Waals surface area contributed by atoms with Crippen molar-refractivity contribution in [2.24, 2.45) is 0 Å². The molecule has 2 aliphatic rings. The van der Waals surface area contributed by atoms with Crippen LogP contribution < -0.4 is 5.32 Å². The van der Waals surface area contributed by atoms with Gasteiger partial charge in [0.25, 0.3) is 5.91 Å². The summed E-state index contributed by atoms with van der Waals surface area (Å²) >= 11 is 0. The number of amides is 3. The smallest absolute Gasteiger partial charge is 0.325 e. The third-order valence-corrected chi connectivity index (χ3v) is 4.34. The number of carbonyl (C=O) groups excluding carboxylic acids is 2. The number of carbonyl (C=O) groups is 2. The molecule has 1 aromatic rings. The molecule has 1 aromatic carbocycles. The van der Waals surface area contributed by atoms with Crippen molar-refractivity contribution in [1.82, 2.24) is 15.1 Å². The molecule has 0 saturated carbocycles. The molecule has 5 nitrogen and oxygen atoms in total. The fourth-order valence-electron chi connectivity index (χ4n) is 3.15. The second kappa shape index (κ2) is 5.85. The molecular formula is C16H21N3O2. The van der Waals surface area contributed by atoms with Gasteiger partial charge in [-0.25, -0.2) is 4.79 Å². The molecule has 0 unspecified atom stereocenters. The highest BCUT2D eigenvalue weighted by molar-refractivity contribution is 6.04. The molecule has 21 heavy (non-hydrogen) atoms. The van der Waals surface area contributed by atoms with Crippen LogP contribution in [0.5, 0.6) is 0 Å². The zero-order valence-electron chi connectivity index (χ0n) is 12.3. The molecule has 2 fully saturated rings. The van der Waals surface area contributed by atoms with Gasteiger partial charge in [0.2, 0.25) is 0 Å². The number of piperidine rings is 1. The monoisotopic (exact) mass is 287 g/mol. The van der Waals surface area contributed by atoms with E-state index in [0.717, 1.165) is 32.5 Å². The lowest BCUT2D eigenvalue weighted by Crippen LogP contribution is -2.47. The first kappa shape index (κ1) is 14.1. The van der Waals surface area contributed by atoms with Gasteiger partial charge in [-0.1, -0.05) is 30.3 Å². The summed E-state index contributed by atoms with van der Waals surface area (Å²) in [5.74, 6) is -0.0819. The number of hydrogen-bond donors (Lipinski definition) is 1. The Hall–Kier alpha value is -1.88. The van der Waals surface area contributed by atoms with Gasteiger partial charge < -0.3 is 5.32 Å². The maximum absolute atomic E-state index is 12.0. The largest absolute Gasteiger partial charge is 0.326 e. The number of hydrogen-bond acceptors (Lipinski definition) is 3. The maximum Gasteiger partial charge on any atom is 0.325 e. The summed E-state index contributed by atoms with van der Waals surface area (Å²) in [5, 5.41) is 2.69. The van der Waals surface area contributed by atoms with Gasteiger partial charge in [0.1, 0.15) is 6.04 Å². The summed E-state index contributed by atoms with van der Waals surface area (Å²) in [4.78, 5) is 27.7. The summed E-state index contributed by atoms with van der Waals surface area (Å²) in [7, 11) is 0. The zero-order valence-corrected chi connectivity index (χ0v) is 12.3. The Kier molecular flexibility index (Phi) is 3.92. The SMILES string of the molecule is C[C@@H]1NC(=O)N(C2CCN(Cc3ccccc3)CC2)C1=O. The van der Waals surface area contributed by atoms with Gasteiger partial charge in [0.15, 0.2) is 0 Å². The highest BCUT2D eigenvalue weighted by Crippen LogP contribution is 2.21. The Balaban J connectivity index is 1.56. The van der Waals surface area contributed by atoms with E-state index in [2.05, 4.69) is 34.5 Å². The molecule has 3 amide bonds. The molecule has 5 heteroatoms. The van der Waals surface area contributed by atoms with E-state index >= 15 is 0 Å². The summed E-state index contributed by atoms with van der Waals surface area (Å²) in [6, 6.07) is 9.83. The highest BCUT2D eigenvalue weighted by Gasteiger charge is 2.40. The maximum atomic E-state index is 12.0. The quantitative estimate of drug-likeness (QED) is 0.859. The normalized spacial score (nSPS) is 24.4. The Morgan fingerprint density at radius 2 is 1.81 bits per heavy atom. The first-order valence-corrected chi connectivity index (χ1v) is 7.55. The molecule has 2 heterocycles. The number of nitrogens with one attached hydrogen (secondary N) is 1. The fourth-order valence-corrected chi connectivity index (χ4v) is 3.15. The molecule has 0 aromatic heterocycles. The molecule has 1 atom stereocenters. The topological polar surface area (TPSA) is 52.7 Å². The van der Waals surface area contributed by atoms with E-state index in [9.17, 15) is 9.59 Å². The number of nitrogens with zero attached hydrogens (tertiary/aromatic N) is 2. The minimum Gasteiger partial charge on any atom is -0.326 e. The molecule has 0 bridgehead atoms. The average Bonchev–Trinajstić information content (AvgIpc) is 2.74. The molecule has 112 valence electrons. The van der Waals surface area contributed by atoms with Gasteiger partial charge in [-0.05, 0) is 25.3 Å². The van der Waals surface area contributed by atoms with Crippen molar-refractivity contribution in [3.63, 3.8) is 0 Å². The van der Waals surface area contributed by atoms with E-state index in [4.69, 9.17) is 0 Å². The van der Waals surface area contributed by atoms with E-state index in [0.29, 0.717) is 0 Å². The lowest BCUT2D eigenvalue weighted by molar-refractivity contribution is -0.129. The van der Waals surface area contributed by atoms with Crippen LogP contribution in [0, 0.1) is 0 Å². The summed E-state index contributed by atoms with van der Waals surface area (Å²) in [6.45, 7) is 4.52. The molecule has 0 aliphatic carbocycles. The first-order chi connectivity index (χ1) is 10.1. The Morgan fingerprint density at radius 1 is 1.14 bits per heavy atom. The number of benzene rings is 1. The molecular weight excluding hydrogens is 266 g/mol. The van der Waals surface area contributed by atoms with Gasteiger partial charge in [0.05, 0.1) is 0 Å². The van der Waals surface area contributed by atoms with Gasteiger partial charge in [-0.15, -0.1) is 0 Å². The minimum absolute atomic E-state index is 0.0504. The van der Waals surface area contributed by atoms with Crippen LogP contribution in [0.15, 0.2) is 30.3 Å². The third kappa shape index (κ3) is 2.93. The van der Waals surface area contributed by atoms with Gasteiger partial charge in [-0.2, -0.15) is 0 Å². The van der Waals surface area contributed by atoms with Crippen LogP contribution in [-0.2, 0) is 11.3 Å². The Morgan fingerprint density at radius 3 is 2.38 bits per heavy atom. The number of likely N-dealkylation sites (tertiary alicyclic amines) is 1. The molecule has 0 radical (unpaired) electrons. The Labute approximate surface area is 124 Å². The number of urea groups is 1. The van der Waals surface area contributed by atoms with Crippen LogP contribution in [0.1, 0.15) is 25.3 Å². The van der Waals surface area contributed by atoms with E-state index in [1.165, 1.54) is 10.5 Å². The first-order valence-electron chi connectivity index (χ1n) is 7.55. The molecule has 1 N–H and O–H groups in total. The van der Waals surface area contributed by atoms with Gasteiger partial charge in [0, 0.05) is 25.7 Å². The van der Waals surface area contributed by atoms with E-state index < -0.39 is 0 Å². The lowest BCUT2D eigenvalue weighted by atomic mass is 10.0. The Bertz CT molecular complexity index is 524. The lowest BCUT2D eigenvalue weighted by Gasteiger charge is -2.35. The molecule has 3 rings (SSSR count). The van der Waals surface area contributed by atoms with Crippen LogP contribution >= 0.6 is 0 Å². The van der Waals surface area contributed by atoms with E-state index in [1.807, 2.05) is 6.07 Å². The van der Waals surface area contributed by atoms with Crippen molar-refractivity contribution in [3.05, 3.63) is 35.9 Å². The van der Waals surface area contributed by atoms with Crippen molar-refractivity contribution in [1.29, 1.82) is 0 Å². The van der Waals surface area contributed by atoms with Crippen molar-refractivity contribution in [2.45, 2.75) is 38.4 Å². The zero-order chi connectivity index (χ0) is 14.8. The van der Waals surface area contributed by atoms with Gasteiger partial charge in [-0.3, -0.25) is 14.6 Å². The van der Waals surface area contributed by atoms with Crippen molar-refractivity contribution in [3.8, 4) is 0 Å². The van der Waals surface area contributed by atoms with E-state index in [-0.39, 0.29) is 24.0 Å². The molecule has 2 saturated heterocycles. The van der Waals surface area contributed by atoms with Crippen molar-refractivity contribution < 1.29 is 9.59 Å².